The van der Waals surface area contributed by atoms with E-state index in [2.05, 4.69) is 169 Å². The molecule has 0 fully saturated rings. The number of hydrogen-bond donors (Lipinski definition) is 3. The average Bonchev–Trinajstić information content (AvgIpc) is 1.77. The summed E-state index contributed by atoms with van der Waals surface area (Å²) < 4.78 is 56.5. The second-order valence-corrected chi connectivity index (χ2v) is 36.4. The first-order chi connectivity index (χ1) is 63.3. The van der Waals surface area contributed by atoms with Gasteiger partial charge in [0, 0.05) is 63.2 Å². The highest BCUT2D eigenvalue weighted by Crippen LogP contribution is 2.31. The quantitative estimate of drug-likeness (QED) is 0.00862. The Morgan fingerprint density at radius 2 is 0.761 bits per heavy atom. The lowest BCUT2D eigenvalue weighted by Crippen LogP contribution is -2.29. The van der Waals surface area contributed by atoms with Crippen molar-refractivity contribution in [3.8, 4) is 67.3 Å². The van der Waals surface area contributed by atoms with Gasteiger partial charge in [0.1, 0.15) is 30.7 Å². The molecule has 9 aromatic carbocycles. The van der Waals surface area contributed by atoms with E-state index in [9.17, 15) is 46.8 Å². The molecule has 0 atom stereocenters. The molecule has 0 aliphatic rings. The number of Topliss-reactive ketones (excluding diaryl/α,β-unsaturated/α-hetero) is 3. The van der Waals surface area contributed by atoms with Gasteiger partial charge in [0.2, 0.25) is 0 Å². The number of nitrogens with zero attached hydrogens (tertiary/aromatic N) is 7. The standard InChI is InChI=1S/C21H22N2O4S.C21H22N2O2S.C14H15BrN2O2.C10H9BrN2.C10H9BrO2.C8H7BrO.C7H9BO2S.C4H7BrO2.C4H8O2.CH4/c1-4-27-21(24)14-23-20(12-15(2)22-23)17-10-8-16(9-11-17)18-6-5-7-19(13-18)28(3,25)26;1-4-25-21(24)14-23-20(12-15(2)22-23)17-10-8-16(9-11-17)18-6-5-7-19(13-18)26-3;1-3-19-14(18)9-17-13(8-10(2)16-17)11-4-6-12(15)7-5-11;1-7-6-10(13-12-7)8-2-4-9(11)5-3-8;1-7(12)6-10(13)8-2-4-9(11)5-3-8;1-6(10)7-2-4-8(9)5-3-7;1-11-7-4-2-3-6(5-7)8(9)10;1-2-7-4(6)3-5;1-3-6-4(2)5;/h5-13H,4,14H2,1-3H3;5-13H,4,14H2,1-3H3;4-8H,3,9H2,1-2H3;2-6H,1H3,(H,12,13);2-5H,6H2,1H3;2-5H,1H3;2-5,9-10H,1H3;2-3H2,1H3;3H2,1-2H3;1H4. The van der Waals surface area contributed by atoms with Gasteiger partial charge in [-0.1, -0.05) is 221 Å². The number of halogens is 5. The molecule has 0 aliphatic heterocycles. The lowest BCUT2D eigenvalue weighted by molar-refractivity contribution is -0.144. The Hall–Kier alpha value is -10.8. The molecule has 0 radical (unpaired) electrons. The predicted molar refractivity (Wildman–Crippen MR) is 552 cm³/mol. The maximum Gasteiger partial charge on any atom is 0.488 e. The van der Waals surface area contributed by atoms with Crippen molar-refractivity contribution in [3.05, 3.63) is 294 Å². The Balaban J connectivity index is 0.000000328. The van der Waals surface area contributed by atoms with Gasteiger partial charge in [-0.3, -0.25) is 57.5 Å². The van der Waals surface area contributed by atoms with Gasteiger partial charge in [0.15, 0.2) is 21.4 Å². The van der Waals surface area contributed by atoms with Gasteiger partial charge < -0.3 is 33.7 Å². The number of ether oxygens (including phenoxy) is 5. The number of esters is 5. The number of H-pyrrole nitrogens is 1. The smallest absolute Gasteiger partial charge is 0.466 e. The van der Waals surface area contributed by atoms with E-state index in [1.165, 1.54) is 30.6 Å². The third kappa shape index (κ3) is 42.4. The van der Waals surface area contributed by atoms with Gasteiger partial charge in [0.25, 0.3) is 0 Å². The Morgan fingerprint density at radius 1 is 0.418 bits per heavy atom. The lowest BCUT2D eigenvalue weighted by atomic mass is 9.80. The lowest BCUT2D eigenvalue weighted by Gasteiger charge is -2.09. The molecule has 13 aromatic rings. The van der Waals surface area contributed by atoms with Crippen LogP contribution in [0.15, 0.2) is 275 Å². The molecular formula is C100H112BBr5N8O17S3. The average molecular weight is 2200 g/mol. The Labute approximate surface area is 835 Å². The number of nitrogens with one attached hydrogen (secondary N) is 1. The van der Waals surface area contributed by atoms with Crippen molar-refractivity contribution >= 4 is 173 Å². The van der Waals surface area contributed by atoms with Crippen LogP contribution in [0.5, 0.6) is 0 Å². The summed E-state index contributed by atoms with van der Waals surface area (Å²) in [7, 11) is -4.62. The molecule has 13 rings (SSSR count). The van der Waals surface area contributed by atoms with E-state index >= 15 is 0 Å². The third-order valence-electron chi connectivity index (χ3n) is 17.8. The van der Waals surface area contributed by atoms with Gasteiger partial charge in [0.05, 0.1) is 84.2 Å². The Bertz CT molecular complexity index is 6000. The van der Waals surface area contributed by atoms with Gasteiger partial charge in [-0.2, -0.15) is 20.4 Å². The summed E-state index contributed by atoms with van der Waals surface area (Å²) in [5.74, 6) is -1.42. The summed E-state index contributed by atoms with van der Waals surface area (Å²) in [5, 5.41) is 38.1. The summed E-state index contributed by atoms with van der Waals surface area (Å²) in [5.41, 5.74) is 17.3. The fourth-order valence-corrected chi connectivity index (χ4v) is 14.5. The first-order valence-electron chi connectivity index (χ1n) is 41.5. The summed E-state index contributed by atoms with van der Waals surface area (Å²) in [6.45, 7) is 23.3. The van der Waals surface area contributed by atoms with Gasteiger partial charge >= 0.3 is 37.0 Å². The van der Waals surface area contributed by atoms with Crippen LogP contribution in [-0.2, 0) is 81.9 Å². The van der Waals surface area contributed by atoms with Crippen molar-refractivity contribution in [1.29, 1.82) is 0 Å². The van der Waals surface area contributed by atoms with Gasteiger partial charge in [-0.15, -0.1) is 23.5 Å². The fourth-order valence-electron chi connectivity index (χ4n) is 11.7. The second kappa shape index (κ2) is 61.3. The molecule has 0 aliphatic carbocycles. The summed E-state index contributed by atoms with van der Waals surface area (Å²) >= 11 is 19.6. The molecule has 34 heteroatoms. The number of thioether (sulfide) groups is 2. The highest BCUT2D eigenvalue weighted by Gasteiger charge is 2.18. The molecule has 0 unspecified atom stereocenters. The summed E-state index contributed by atoms with van der Waals surface area (Å²) in [6, 6.07) is 76.8. The van der Waals surface area contributed by atoms with E-state index in [1.807, 2.05) is 155 Å². The van der Waals surface area contributed by atoms with E-state index in [0.717, 1.165) is 113 Å². The summed E-state index contributed by atoms with van der Waals surface area (Å²) in [4.78, 5) is 90.5. The van der Waals surface area contributed by atoms with Gasteiger partial charge in [-0.05, 0) is 242 Å². The topological polar surface area (TPSA) is 339 Å². The molecule has 0 bridgehead atoms. The van der Waals surface area contributed by atoms with Crippen molar-refractivity contribution in [2.75, 3.05) is 57.1 Å². The largest absolute Gasteiger partial charge is 0.488 e. The molecule has 0 amide bonds. The molecule has 25 nitrogen and oxygen atoms in total. The number of hydrogen-bond acceptors (Lipinski definition) is 23. The van der Waals surface area contributed by atoms with E-state index in [0.29, 0.717) is 49.4 Å². The van der Waals surface area contributed by atoms with Crippen LogP contribution in [0.4, 0.5) is 0 Å². The number of benzene rings is 9. The minimum Gasteiger partial charge on any atom is -0.466 e. The van der Waals surface area contributed by atoms with Crippen molar-refractivity contribution in [3.63, 3.8) is 0 Å². The second-order valence-electron chi connectivity index (χ2n) is 28.4. The fraction of sp³-hybridized carbons (Fsp3) is 0.260. The maximum absolute atomic E-state index is 11.8. The molecule has 710 valence electrons. The maximum atomic E-state index is 11.8. The number of rotatable bonds is 26. The molecule has 4 aromatic heterocycles. The van der Waals surface area contributed by atoms with Gasteiger partial charge in [-0.25, -0.2) is 8.42 Å². The van der Waals surface area contributed by atoms with Crippen molar-refractivity contribution in [1.82, 2.24) is 39.5 Å². The van der Waals surface area contributed by atoms with Crippen LogP contribution in [0, 0.1) is 27.7 Å². The number of carbonyl (C=O) groups excluding carboxylic acids is 8. The third-order valence-corrected chi connectivity index (χ3v) is 22.9. The SMILES string of the molecule is C.CC(=O)CC(=O)c1ccc(Br)cc1.CC(=O)c1ccc(Br)cc1.CCOC(=O)CBr.CCOC(=O)Cn1nc(C)cc1-c1ccc(-c2cccc(S(C)(=O)=O)c2)cc1.CCOC(=O)Cn1nc(C)cc1-c1ccc(-c2cccc(SC)c2)cc1.CCOC(=O)Cn1nc(C)cc1-c1ccc(Br)cc1.CCOC(C)=O.CSc1cccc(B(O)O)c1.Cc1cc(-c2ccc(Br)cc2)n[nH]1. The van der Waals surface area contributed by atoms with Crippen LogP contribution in [0.2, 0.25) is 0 Å². The highest BCUT2D eigenvalue weighted by atomic mass is 79.9. The number of alkyl halides is 1. The van der Waals surface area contributed by atoms with E-state index in [-0.39, 0.29) is 85.6 Å². The van der Waals surface area contributed by atoms with Crippen LogP contribution in [0.3, 0.4) is 0 Å². The zero-order valence-corrected chi connectivity index (χ0v) is 86.9. The molecule has 4 heterocycles. The number of aromatic amines is 1. The van der Waals surface area contributed by atoms with E-state index in [1.54, 1.807) is 152 Å². The monoisotopic (exact) mass is 2200 g/mol. The van der Waals surface area contributed by atoms with Crippen LogP contribution >= 0.6 is 103 Å². The number of ketones is 3. The first kappa shape index (κ1) is 116. The Kier molecular flexibility index (Phi) is 52.8. The molecular weight excluding hydrogens is 2090 g/mol. The van der Waals surface area contributed by atoms with Crippen LogP contribution in [0.25, 0.3) is 67.3 Å². The minimum absolute atomic E-state index is 0. The van der Waals surface area contributed by atoms with Crippen LogP contribution in [0.1, 0.15) is 113 Å². The van der Waals surface area contributed by atoms with Crippen molar-refractivity contribution in [2.24, 2.45) is 0 Å². The highest BCUT2D eigenvalue weighted by molar-refractivity contribution is 9.11. The number of carbonyl (C=O) groups is 8. The molecule has 0 saturated heterocycles. The van der Waals surface area contributed by atoms with Crippen molar-refractivity contribution in [2.45, 2.75) is 131 Å². The normalized spacial score (nSPS) is 10.2. The number of aryl methyl sites for hydroxylation is 4. The van der Waals surface area contributed by atoms with E-state index < -0.39 is 17.0 Å². The zero-order chi connectivity index (χ0) is 98.3. The zero-order valence-electron chi connectivity index (χ0n) is 76.5. The minimum atomic E-state index is -3.26. The molecule has 0 spiro atoms. The first-order valence-corrected chi connectivity index (χ1v) is 50.2. The molecule has 3 N–H and O–H groups in total. The van der Waals surface area contributed by atoms with Crippen LogP contribution < -0.4 is 5.46 Å². The summed E-state index contributed by atoms with van der Waals surface area (Å²) in [6.07, 6.45) is 5.21. The van der Waals surface area contributed by atoms with Crippen LogP contribution in [-0.4, -0.2) is 169 Å². The Morgan fingerprint density at radius 3 is 1.09 bits per heavy atom. The number of aromatic nitrogens is 8. The predicted octanol–water partition coefficient (Wildman–Crippen LogP) is 22.1. The number of sulfone groups is 1. The van der Waals surface area contributed by atoms with Crippen molar-refractivity contribution < 1.29 is 80.5 Å². The van der Waals surface area contributed by atoms with E-state index in [4.69, 9.17) is 24.3 Å². The molecule has 134 heavy (non-hydrogen) atoms. The molecule has 0 saturated carbocycles.